The van der Waals surface area contributed by atoms with E-state index in [4.69, 9.17) is 18.9 Å². The van der Waals surface area contributed by atoms with Crippen molar-refractivity contribution < 1.29 is 28.5 Å². The minimum atomic E-state index is -0.365. The standard InChI is InChI=1S/C22H28N2O6/c1-6-7-8-20(25)24-16-10-9-15(13-17(16)27-2)23-22(26)14-11-18(28-3)21(30-5)19(12-14)29-4/h9-13H,6-8H2,1-5H3,(H,23,26)(H,24,25). The van der Waals surface area contributed by atoms with Crippen molar-refractivity contribution in [2.24, 2.45) is 0 Å². The van der Waals surface area contributed by atoms with Crippen LogP contribution < -0.4 is 29.6 Å². The van der Waals surface area contributed by atoms with Gasteiger partial charge in [0.1, 0.15) is 5.75 Å². The molecule has 0 unspecified atom stereocenters. The number of amides is 2. The lowest BCUT2D eigenvalue weighted by Gasteiger charge is -2.15. The van der Waals surface area contributed by atoms with Gasteiger partial charge in [0, 0.05) is 23.7 Å². The molecule has 8 heteroatoms. The Balaban J connectivity index is 2.22. The van der Waals surface area contributed by atoms with E-state index in [0.717, 1.165) is 12.8 Å². The number of carbonyl (C=O) groups is 2. The van der Waals surface area contributed by atoms with Crippen LogP contribution in [0.4, 0.5) is 11.4 Å². The molecule has 0 aliphatic heterocycles. The molecule has 0 spiro atoms. The lowest BCUT2D eigenvalue weighted by molar-refractivity contribution is -0.116. The molecule has 0 saturated carbocycles. The summed E-state index contributed by atoms with van der Waals surface area (Å²) in [7, 11) is 5.96. The third-order valence-corrected chi connectivity index (χ3v) is 4.42. The van der Waals surface area contributed by atoms with Gasteiger partial charge in [-0.25, -0.2) is 0 Å². The van der Waals surface area contributed by atoms with Crippen molar-refractivity contribution in [2.45, 2.75) is 26.2 Å². The van der Waals surface area contributed by atoms with Gasteiger partial charge in [0.15, 0.2) is 11.5 Å². The molecule has 2 amide bonds. The summed E-state index contributed by atoms with van der Waals surface area (Å²) in [6.45, 7) is 2.03. The van der Waals surface area contributed by atoms with Crippen LogP contribution in [-0.2, 0) is 4.79 Å². The molecular weight excluding hydrogens is 388 g/mol. The highest BCUT2D eigenvalue weighted by Gasteiger charge is 2.18. The fraction of sp³-hybridized carbons (Fsp3) is 0.364. The second kappa shape index (κ2) is 10.9. The van der Waals surface area contributed by atoms with Crippen LogP contribution in [0, 0.1) is 0 Å². The zero-order valence-electron chi connectivity index (χ0n) is 18.0. The second-order valence-electron chi connectivity index (χ2n) is 6.43. The Morgan fingerprint density at radius 2 is 1.47 bits per heavy atom. The van der Waals surface area contributed by atoms with Gasteiger partial charge in [-0.3, -0.25) is 9.59 Å². The Bertz CT molecular complexity index is 872. The minimum absolute atomic E-state index is 0.0793. The molecule has 0 radical (unpaired) electrons. The number of methoxy groups -OCH3 is 4. The first-order chi connectivity index (χ1) is 14.5. The molecule has 0 heterocycles. The molecule has 2 rings (SSSR count). The number of carbonyl (C=O) groups excluding carboxylic acids is 2. The van der Waals surface area contributed by atoms with E-state index in [9.17, 15) is 9.59 Å². The molecule has 0 aliphatic rings. The molecule has 2 aromatic rings. The van der Waals surface area contributed by atoms with E-state index in [2.05, 4.69) is 10.6 Å². The number of ether oxygens (including phenoxy) is 4. The number of hydrogen-bond acceptors (Lipinski definition) is 6. The monoisotopic (exact) mass is 416 g/mol. The van der Waals surface area contributed by atoms with Crippen LogP contribution in [0.5, 0.6) is 23.0 Å². The predicted molar refractivity (Wildman–Crippen MR) is 115 cm³/mol. The minimum Gasteiger partial charge on any atom is -0.494 e. The highest BCUT2D eigenvalue weighted by Crippen LogP contribution is 2.38. The fourth-order valence-electron chi connectivity index (χ4n) is 2.84. The molecule has 0 bridgehead atoms. The number of rotatable bonds is 10. The Labute approximate surface area is 176 Å². The molecule has 0 aromatic heterocycles. The van der Waals surface area contributed by atoms with Crippen molar-refractivity contribution in [2.75, 3.05) is 39.1 Å². The van der Waals surface area contributed by atoms with Crippen LogP contribution in [0.2, 0.25) is 0 Å². The van der Waals surface area contributed by atoms with E-state index in [1.807, 2.05) is 6.92 Å². The van der Waals surface area contributed by atoms with Crippen LogP contribution in [-0.4, -0.2) is 40.3 Å². The van der Waals surface area contributed by atoms with Gasteiger partial charge < -0.3 is 29.6 Å². The van der Waals surface area contributed by atoms with Crippen molar-refractivity contribution >= 4 is 23.2 Å². The van der Waals surface area contributed by atoms with Crippen LogP contribution in [0.3, 0.4) is 0 Å². The largest absolute Gasteiger partial charge is 0.494 e. The number of hydrogen-bond donors (Lipinski definition) is 2. The van der Waals surface area contributed by atoms with Gasteiger partial charge in [-0.2, -0.15) is 0 Å². The molecule has 2 N–H and O–H groups in total. The SMILES string of the molecule is CCCCC(=O)Nc1ccc(NC(=O)c2cc(OC)c(OC)c(OC)c2)cc1OC. The maximum absolute atomic E-state index is 12.8. The molecular formula is C22H28N2O6. The van der Waals surface area contributed by atoms with Crippen LogP contribution in [0.1, 0.15) is 36.5 Å². The molecule has 30 heavy (non-hydrogen) atoms. The first-order valence-corrected chi connectivity index (χ1v) is 9.56. The molecule has 2 aromatic carbocycles. The van der Waals surface area contributed by atoms with Crippen LogP contribution in [0.25, 0.3) is 0 Å². The van der Waals surface area contributed by atoms with Crippen LogP contribution in [0.15, 0.2) is 30.3 Å². The van der Waals surface area contributed by atoms with Gasteiger partial charge in [-0.15, -0.1) is 0 Å². The van der Waals surface area contributed by atoms with Crippen LogP contribution >= 0.6 is 0 Å². The van der Waals surface area contributed by atoms with Crippen molar-refractivity contribution in [1.82, 2.24) is 0 Å². The Morgan fingerprint density at radius 3 is 2.00 bits per heavy atom. The molecule has 0 saturated heterocycles. The van der Waals surface area contributed by atoms with E-state index in [-0.39, 0.29) is 11.8 Å². The van der Waals surface area contributed by atoms with Crippen molar-refractivity contribution in [3.05, 3.63) is 35.9 Å². The first-order valence-electron chi connectivity index (χ1n) is 9.56. The Hall–Kier alpha value is -3.42. The number of unbranched alkanes of at least 4 members (excludes halogenated alkanes) is 1. The molecule has 8 nitrogen and oxygen atoms in total. The quantitative estimate of drug-likeness (QED) is 0.605. The summed E-state index contributed by atoms with van der Waals surface area (Å²) in [6.07, 6.45) is 2.20. The van der Waals surface area contributed by atoms with Crippen molar-refractivity contribution in [3.63, 3.8) is 0 Å². The molecule has 0 aliphatic carbocycles. The summed E-state index contributed by atoms with van der Waals surface area (Å²) < 4.78 is 21.2. The summed E-state index contributed by atoms with van der Waals surface area (Å²) in [5, 5.41) is 5.63. The first kappa shape index (κ1) is 22.9. The van der Waals surface area contributed by atoms with Gasteiger partial charge in [-0.05, 0) is 30.7 Å². The smallest absolute Gasteiger partial charge is 0.255 e. The predicted octanol–water partition coefficient (Wildman–Crippen LogP) is 4.10. The maximum Gasteiger partial charge on any atom is 0.255 e. The molecule has 0 fully saturated rings. The summed E-state index contributed by atoms with van der Waals surface area (Å²) in [5.41, 5.74) is 1.39. The summed E-state index contributed by atoms with van der Waals surface area (Å²) in [6, 6.07) is 8.15. The zero-order valence-corrected chi connectivity index (χ0v) is 18.0. The molecule has 0 atom stereocenters. The number of nitrogens with one attached hydrogen (secondary N) is 2. The van der Waals surface area contributed by atoms with Gasteiger partial charge in [0.2, 0.25) is 11.7 Å². The highest BCUT2D eigenvalue weighted by molar-refractivity contribution is 6.05. The van der Waals surface area contributed by atoms with Crippen molar-refractivity contribution in [1.29, 1.82) is 0 Å². The normalized spacial score (nSPS) is 10.2. The van der Waals surface area contributed by atoms with Gasteiger partial charge in [-0.1, -0.05) is 13.3 Å². The van der Waals surface area contributed by atoms with E-state index in [0.29, 0.717) is 46.4 Å². The maximum atomic E-state index is 12.8. The Kier molecular flexibility index (Phi) is 8.34. The third kappa shape index (κ3) is 5.56. The van der Waals surface area contributed by atoms with E-state index >= 15 is 0 Å². The third-order valence-electron chi connectivity index (χ3n) is 4.42. The van der Waals surface area contributed by atoms with E-state index in [1.165, 1.54) is 28.4 Å². The second-order valence-corrected chi connectivity index (χ2v) is 6.43. The number of benzene rings is 2. The Morgan fingerprint density at radius 1 is 0.833 bits per heavy atom. The lowest BCUT2D eigenvalue weighted by Crippen LogP contribution is -2.14. The summed E-state index contributed by atoms with van der Waals surface area (Å²) in [4.78, 5) is 24.7. The van der Waals surface area contributed by atoms with Crippen molar-refractivity contribution in [3.8, 4) is 23.0 Å². The van der Waals surface area contributed by atoms with Gasteiger partial charge in [0.25, 0.3) is 5.91 Å². The van der Waals surface area contributed by atoms with E-state index in [1.54, 1.807) is 30.3 Å². The molecule has 162 valence electrons. The number of anilines is 2. The van der Waals surface area contributed by atoms with Gasteiger partial charge >= 0.3 is 0 Å². The van der Waals surface area contributed by atoms with E-state index < -0.39 is 0 Å². The zero-order chi connectivity index (χ0) is 22.1. The average Bonchev–Trinajstić information content (AvgIpc) is 2.77. The summed E-state index contributed by atoms with van der Waals surface area (Å²) in [5.74, 6) is 1.17. The summed E-state index contributed by atoms with van der Waals surface area (Å²) >= 11 is 0. The fourth-order valence-corrected chi connectivity index (χ4v) is 2.84. The topological polar surface area (TPSA) is 95.1 Å². The lowest BCUT2D eigenvalue weighted by atomic mass is 10.1. The average molecular weight is 416 g/mol. The van der Waals surface area contributed by atoms with Gasteiger partial charge in [0.05, 0.1) is 34.1 Å². The highest BCUT2D eigenvalue weighted by atomic mass is 16.5.